The van der Waals surface area contributed by atoms with Gasteiger partial charge in [0.15, 0.2) is 0 Å². The van der Waals surface area contributed by atoms with Gasteiger partial charge in [-0.25, -0.2) is 4.79 Å². The van der Waals surface area contributed by atoms with E-state index in [-0.39, 0.29) is 24.4 Å². The molecule has 0 aliphatic carbocycles. The third kappa shape index (κ3) is 4.55. The first-order valence-corrected chi connectivity index (χ1v) is 7.95. The van der Waals surface area contributed by atoms with Crippen molar-refractivity contribution in [2.75, 3.05) is 20.6 Å². The molecule has 130 valence electrons. The molecule has 0 aliphatic heterocycles. The predicted molar refractivity (Wildman–Crippen MR) is 91.5 cm³/mol. The number of aromatic nitrogens is 2. The average molecular weight is 332 g/mol. The fourth-order valence-electron chi connectivity index (χ4n) is 2.53. The Hall–Kier alpha value is -2.41. The van der Waals surface area contributed by atoms with Gasteiger partial charge in [-0.3, -0.25) is 4.79 Å². The third-order valence-corrected chi connectivity index (χ3v) is 3.86. The van der Waals surface area contributed by atoms with Gasteiger partial charge < -0.3 is 14.6 Å². The zero-order valence-corrected chi connectivity index (χ0v) is 14.5. The van der Waals surface area contributed by atoms with Crippen molar-refractivity contribution in [3.8, 4) is 11.5 Å². The fraction of sp³-hybridized carbons (Fsp3) is 0.471. The molecule has 1 aromatic carbocycles. The SMILES string of the molecule is CC(C)C(CNC(=O)Cn1nc(-c2ccccc2)oc1=O)N(C)C. The van der Waals surface area contributed by atoms with Gasteiger partial charge in [-0.15, -0.1) is 5.10 Å². The van der Waals surface area contributed by atoms with Gasteiger partial charge in [0.05, 0.1) is 0 Å². The summed E-state index contributed by atoms with van der Waals surface area (Å²) < 4.78 is 6.15. The zero-order valence-electron chi connectivity index (χ0n) is 14.5. The van der Waals surface area contributed by atoms with Crippen LogP contribution in [-0.4, -0.2) is 47.3 Å². The first kappa shape index (κ1) is 17.9. The number of likely N-dealkylation sites (N-methyl/N-ethyl adjacent to an activating group) is 1. The van der Waals surface area contributed by atoms with Crippen LogP contribution in [0.2, 0.25) is 0 Å². The van der Waals surface area contributed by atoms with Gasteiger partial charge in [-0.2, -0.15) is 4.68 Å². The molecule has 0 aliphatic rings. The maximum atomic E-state index is 12.1. The van der Waals surface area contributed by atoms with Crippen molar-refractivity contribution < 1.29 is 9.21 Å². The molecule has 0 fully saturated rings. The van der Waals surface area contributed by atoms with E-state index in [1.807, 2.05) is 32.3 Å². The van der Waals surface area contributed by atoms with E-state index in [1.165, 1.54) is 0 Å². The number of hydrogen-bond acceptors (Lipinski definition) is 5. The van der Waals surface area contributed by atoms with Crippen LogP contribution < -0.4 is 11.1 Å². The normalized spacial score (nSPS) is 12.6. The molecular weight excluding hydrogens is 308 g/mol. The number of benzene rings is 1. The molecule has 7 nitrogen and oxygen atoms in total. The molecular formula is C17H24N4O3. The topological polar surface area (TPSA) is 80.4 Å². The molecule has 2 rings (SSSR count). The molecule has 1 unspecified atom stereocenters. The van der Waals surface area contributed by atoms with Crippen LogP contribution >= 0.6 is 0 Å². The van der Waals surface area contributed by atoms with Gasteiger partial charge >= 0.3 is 5.76 Å². The number of rotatable bonds is 7. The molecule has 2 aromatic rings. The van der Waals surface area contributed by atoms with Crippen molar-refractivity contribution in [3.05, 3.63) is 40.9 Å². The highest BCUT2D eigenvalue weighted by Gasteiger charge is 2.18. The van der Waals surface area contributed by atoms with Gasteiger partial charge in [0, 0.05) is 18.2 Å². The Bertz CT molecular complexity index is 711. The second-order valence-corrected chi connectivity index (χ2v) is 6.28. The Morgan fingerprint density at radius 3 is 2.54 bits per heavy atom. The highest BCUT2D eigenvalue weighted by Crippen LogP contribution is 2.13. The molecule has 24 heavy (non-hydrogen) atoms. The van der Waals surface area contributed by atoms with Gasteiger partial charge in [-0.1, -0.05) is 32.0 Å². The lowest BCUT2D eigenvalue weighted by Crippen LogP contribution is -2.44. The van der Waals surface area contributed by atoms with Gasteiger partial charge in [-0.05, 0) is 32.1 Å². The molecule has 0 saturated carbocycles. The summed E-state index contributed by atoms with van der Waals surface area (Å²) in [7, 11) is 3.95. The lowest BCUT2D eigenvalue weighted by Gasteiger charge is -2.28. The number of amides is 1. The van der Waals surface area contributed by atoms with Gasteiger partial charge in [0.25, 0.3) is 0 Å². The standard InChI is InChI=1S/C17H24N4O3/c1-12(2)14(20(3)4)10-18-15(22)11-21-17(23)24-16(19-21)13-8-6-5-7-9-13/h5-9,12,14H,10-11H2,1-4H3,(H,18,22). The van der Waals surface area contributed by atoms with Crippen LogP contribution in [0.15, 0.2) is 39.5 Å². The smallest absolute Gasteiger partial charge is 0.388 e. The summed E-state index contributed by atoms with van der Waals surface area (Å²) in [5, 5.41) is 6.93. The molecule has 0 radical (unpaired) electrons. The van der Waals surface area contributed by atoms with Crippen LogP contribution in [0.3, 0.4) is 0 Å². The van der Waals surface area contributed by atoms with Crippen LogP contribution in [0, 0.1) is 5.92 Å². The summed E-state index contributed by atoms with van der Waals surface area (Å²) in [4.78, 5) is 26.0. The van der Waals surface area contributed by atoms with E-state index in [0.29, 0.717) is 18.0 Å². The van der Waals surface area contributed by atoms with Gasteiger partial charge in [0.1, 0.15) is 6.54 Å². The molecule has 7 heteroatoms. The zero-order chi connectivity index (χ0) is 17.7. The van der Waals surface area contributed by atoms with E-state index in [1.54, 1.807) is 12.1 Å². The van der Waals surface area contributed by atoms with Crippen LogP contribution in [0.5, 0.6) is 0 Å². The van der Waals surface area contributed by atoms with E-state index in [9.17, 15) is 9.59 Å². The van der Waals surface area contributed by atoms with Crippen molar-refractivity contribution in [2.45, 2.75) is 26.4 Å². The first-order chi connectivity index (χ1) is 11.4. The highest BCUT2D eigenvalue weighted by atomic mass is 16.4. The van der Waals surface area contributed by atoms with E-state index in [0.717, 1.165) is 4.68 Å². The lowest BCUT2D eigenvalue weighted by molar-refractivity contribution is -0.122. The monoisotopic (exact) mass is 332 g/mol. The second-order valence-electron chi connectivity index (χ2n) is 6.28. The highest BCUT2D eigenvalue weighted by molar-refractivity contribution is 5.75. The largest absolute Gasteiger partial charge is 0.437 e. The number of hydrogen-bond donors (Lipinski definition) is 1. The Labute approximate surface area is 141 Å². The Balaban J connectivity index is 2.00. The third-order valence-electron chi connectivity index (χ3n) is 3.86. The molecule has 1 N–H and O–H groups in total. The van der Waals surface area contributed by atoms with E-state index < -0.39 is 5.76 Å². The molecule has 1 aromatic heterocycles. The maximum Gasteiger partial charge on any atom is 0.437 e. The Morgan fingerprint density at radius 1 is 1.29 bits per heavy atom. The summed E-state index contributed by atoms with van der Waals surface area (Å²) >= 11 is 0. The van der Waals surface area contributed by atoms with Crippen molar-refractivity contribution in [1.29, 1.82) is 0 Å². The van der Waals surface area contributed by atoms with Crippen LogP contribution in [0.1, 0.15) is 13.8 Å². The van der Waals surface area contributed by atoms with Gasteiger partial charge in [0.2, 0.25) is 11.8 Å². The molecule has 0 bridgehead atoms. The summed E-state index contributed by atoms with van der Waals surface area (Å²) in [6.07, 6.45) is 0. The molecule has 1 atom stereocenters. The van der Waals surface area contributed by atoms with Crippen LogP contribution in [0.4, 0.5) is 0 Å². The van der Waals surface area contributed by atoms with Crippen molar-refractivity contribution in [2.24, 2.45) is 5.92 Å². The molecule has 1 amide bonds. The van der Waals surface area contributed by atoms with Crippen molar-refractivity contribution in [1.82, 2.24) is 20.0 Å². The Kier molecular flexibility index (Phi) is 5.92. The number of carbonyl (C=O) groups excluding carboxylic acids is 1. The number of carbonyl (C=O) groups is 1. The Morgan fingerprint density at radius 2 is 1.96 bits per heavy atom. The minimum Gasteiger partial charge on any atom is -0.388 e. The van der Waals surface area contributed by atoms with Crippen LogP contribution in [0.25, 0.3) is 11.5 Å². The van der Waals surface area contributed by atoms with E-state index >= 15 is 0 Å². The van der Waals surface area contributed by atoms with Crippen molar-refractivity contribution >= 4 is 5.91 Å². The second kappa shape index (κ2) is 7.92. The molecule has 0 spiro atoms. The number of nitrogens with zero attached hydrogens (tertiary/aromatic N) is 3. The number of nitrogens with one attached hydrogen (secondary N) is 1. The average Bonchev–Trinajstić information content (AvgIpc) is 2.88. The quantitative estimate of drug-likeness (QED) is 0.824. The maximum absolute atomic E-state index is 12.1. The molecule has 0 saturated heterocycles. The minimum atomic E-state index is -0.642. The summed E-state index contributed by atoms with van der Waals surface area (Å²) in [6.45, 7) is 4.56. The first-order valence-electron chi connectivity index (χ1n) is 7.95. The molecule has 1 heterocycles. The van der Waals surface area contributed by atoms with Crippen LogP contribution in [-0.2, 0) is 11.3 Å². The predicted octanol–water partition coefficient (Wildman–Crippen LogP) is 1.21. The minimum absolute atomic E-state index is 0.159. The summed E-state index contributed by atoms with van der Waals surface area (Å²) in [5.41, 5.74) is 0.696. The fourth-order valence-corrected chi connectivity index (χ4v) is 2.53. The summed E-state index contributed by atoms with van der Waals surface area (Å²) in [6, 6.07) is 9.33. The van der Waals surface area contributed by atoms with E-state index in [4.69, 9.17) is 4.42 Å². The summed E-state index contributed by atoms with van der Waals surface area (Å²) in [5.74, 6) is -0.295. The van der Waals surface area contributed by atoms with E-state index in [2.05, 4.69) is 29.2 Å². The van der Waals surface area contributed by atoms with Crippen molar-refractivity contribution in [3.63, 3.8) is 0 Å². The lowest BCUT2D eigenvalue weighted by atomic mass is 10.0.